The molecule has 0 saturated heterocycles. The van der Waals surface area contributed by atoms with Gasteiger partial charge in [0, 0.05) is 19.2 Å². The summed E-state index contributed by atoms with van der Waals surface area (Å²) in [4.78, 5) is 16.0. The second-order valence-electron chi connectivity index (χ2n) is 5.00. The fourth-order valence-corrected chi connectivity index (χ4v) is 1.59. The molecule has 5 nitrogen and oxygen atoms in total. The Bertz CT molecular complexity index is 416. The number of carbonyl (C=O) groups excluding carboxylic acids is 1. The number of nitrogens with zero attached hydrogens (tertiary/aromatic N) is 2. The number of fused-ring (bicyclic) bond motifs is 1. The van der Waals surface area contributed by atoms with Gasteiger partial charge < -0.3 is 4.74 Å². The number of rotatable bonds is 1. The van der Waals surface area contributed by atoms with Crippen molar-refractivity contribution in [3.05, 3.63) is 23.7 Å². The molecule has 2 aliphatic rings. The predicted molar refractivity (Wildman–Crippen MR) is 65.0 cm³/mol. The molecule has 2 aliphatic heterocycles. The Hall–Kier alpha value is -1.78. The first-order valence-corrected chi connectivity index (χ1v) is 5.67. The Kier molecular flexibility index (Phi) is 2.92. The molecule has 0 atom stereocenters. The van der Waals surface area contributed by atoms with Crippen molar-refractivity contribution in [2.75, 3.05) is 6.54 Å². The van der Waals surface area contributed by atoms with Gasteiger partial charge in [-0.15, -0.1) is 0 Å². The predicted octanol–water partition coefficient (Wildman–Crippen LogP) is 1.35. The van der Waals surface area contributed by atoms with Gasteiger partial charge in [-0.1, -0.05) is 0 Å². The maximum Gasteiger partial charge on any atom is 0.356 e. The minimum absolute atomic E-state index is 0.338. The van der Waals surface area contributed by atoms with E-state index in [2.05, 4.69) is 10.4 Å². The summed E-state index contributed by atoms with van der Waals surface area (Å²) >= 11 is 0. The average molecular weight is 235 g/mol. The standard InChI is InChI=1S/C12H17N3O2/c1-12(2,3)17-11(16)10-7-9-8-13-5-4-6-15(9)14-10/h5,7-8,14H,4,6H2,1-3H3. The average Bonchev–Trinajstić information content (AvgIpc) is 2.48. The van der Waals surface area contributed by atoms with Crippen LogP contribution in [0, 0.1) is 0 Å². The molecule has 5 heteroatoms. The molecular weight excluding hydrogens is 218 g/mol. The van der Waals surface area contributed by atoms with E-state index in [1.54, 1.807) is 12.3 Å². The van der Waals surface area contributed by atoms with Crippen LogP contribution in [0.5, 0.6) is 0 Å². The Morgan fingerprint density at radius 3 is 3.00 bits per heavy atom. The smallest absolute Gasteiger partial charge is 0.356 e. The van der Waals surface area contributed by atoms with E-state index < -0.39 is 5.60 Å². The summed E-state index contributed by atoms with van der Waals surface area (Å²) in [6, 6.07) is 0. The Morgan fingerprint density at radius 1 is 1.53 bits per heavy atom. The van der Waals surface area contributed by atoms with Crippen LogP contribution < -0.4 is 5.43 Å². The van der Waals surface area contributed by atoms with Crippen LogP contribution >= 0.6 is 0 Å². The molecule has 0 spiro atoms. The molecule has 0 aromatic heterocycles. The summed E-state index contributed by atoms with van der Waals surface area (Å²) in [5, 5.41) is 1.90. The number of hydrogen-bond donors (Lipinski definition) is 1. The van der Waals surface area contributed by atoms with Gasteiger partial charge in [0.15, 0.2) is 0 Å². The number of allylic oxidation sites excluding steroid dienone is 1. The molecule has 0 unspecified atom stereocenters. The highest BCUT2D eigenvalue weighted by Gasteiger charge is 2.26. The van der Waals surface area contributed by atoms with Crippen molar-refractivity contribution < 1.29 is 9.53 Å². The fraction of sp³-hybridized carbons (Fsp3) is 0.500. The molecule has 2 rings (SSSR count). The highest BCUT2D eigenvalue weighted by molar-refractivity contribution is 5.89. The summed E-state index contributed by atoms with van der Waals surface area (Å²) < 4.78 is 5.30. The van der Waals surface area contributed by atoms with E-state index in [4.69, 9.17) is 4.74 Å². The summed E-state index contributed by atoms with van der Waals surface area (Å²) in [6.07, 6.45) is 6.20. The van der Waals surface area contributed by atoms with Gasteiger partial charge in [0.2, 0.25) is 0 Å². The van der Waals surface area contributed by atoms with Gasteiger partial charge in [-0.2, -0.15) is 0 Å². The monoisotopic (exact) mass is 235 g/mol. The van der Waals surface area contributed by atoms with Crippen molar-refractivity contribution in [3.63, 3.8) is 0 Å². The van der Waals surface area contributed by atoms with Crippen molar-refractivity contribution in [1.29, 1.82) is 0 Å². The van der Waals surface area contributed by atoms with Crippen LogP contribution in [0.15, 0.2) is 28.7 Å². The van der Waals surface area contributed by atoms with Gasteiger partial charge in [-0.05, 0) is 26.8 Å². The van der Waals surface area contributed by atoms with Crippen LogP contribution in [0.1, 0.15) is 27.2 Å². The van der Waals surface area contributed by atoms with Gasteiger partial charge in [0.1, 0.15) is 11.3 Å². The van der Waals surface area contributed by atoms with Gasteiger partial charge in [-0.25, -0.2) is 4.79 Å². The molecule has 0 fully saturated rings. The summed E-state index contributed by atoms with van der Waals surface area (Å²) in [5.74, 6) is -0.338. The zero-order chi connectivity index (χ0) is 12.5. The van der Waals surface area contributed by atoms with Crippen molar-refractivity contribution >= 4 is 12.2 Å². The quantitative estimate of drug-likeness (QED) is 0.697. The van der Waals surface area contributed by atoms with E-state index in [-0.39, 0.29) is 5.97 Å². The van der Waals surface area contributed by atoms with Crippen LogP contribution in [0.2, 0.25) is 0 Å². The molecule has 0 aliphatic carbocycles. The van der Waals surface area contributed by atoms with Crippen LogP contribution in [0.4, 0.5) is 0 Å². The molecule has 0 radical (unpaired) electrons. The molecule has 0 saturated carbocycles. The van der Waals surface area contributed by atoms with Crippen molar-refractivity contribution in [2.24, 2.45) is 4.99 Å². The number of aliphatic imine (C=N–C) groups is 1. The zero-order valence-electron chi connectivity index (χ0n) is 10.4. The first kappa shape index (κ1) is 11.7. The van der Waals surface area contributed by atoms with Gasteiger partial charge in [-0.3, -0.25) is 15.4 Å². The molecule has 92 valence electrons. The second kappa shape index (κ2) is 4.24. The van der Waals surface area contributed by atoms with Crippen molar-refractivity contribution in [1.82, 2.24) is 10.4 Å². The first-order valence-electron chi connectivity index (χ1n) is 5.67. The van der Waals surface area contributed by atoms with Crippen LogP contribution in [-0.4, -0.2) is 29.3 Å². The topological polar surface area (TPSA) is 53.9 Å². The van der Waals surface area contributed by atoms with Crippen LogP contribution in [0.25, 0.3) is 0 Å². The lowest BCUT2D eigenvalue weighted by Gasteiger charge is -2.22. The molecular formula is C12H17N3O2. The number of hydrazine groups is 1. The summed E-state index contributed by atoms with van der Waals surface area (Å²) in [5.41, 5.74) is 3.90. The fourth-order valence-electron chi connectivity index (χ4n) is 1.59. The Labute approximate surface area is 101 Å². The summed E-state index contributed by atoms with van der Waals surface area (Å²) in [7, 11) is 0. The normalized spacial score (nSPS) is 18.9. The van der Waals surface area contributed by atoms with Gasteiger partial charge in [0.25, 0.3) is 0 Å². The van der Waals surface area contributed by atoms with Crippen LogP contribution in [-0.2, 0) is 9.53 Å². The minimum Gasteiger partial charge on any atom is -0.455 e. The third-order valence-corrected chi connectivity index (χ3v) is 2.27. The van der Waals surface area contributed by atoms with Crippen molar-refractivity contribution in [2.45, 2.75) is 32.8 Å². The first-order chi connectivity index (χ1) is 7.96. The Balaban J connectivity index is 2.09. The van der Waals surface area contributed by atoms with Crippen molar-refractivity contribution in [3.8, 4) is 0 Å². The highest BCUT2D eigenvalue weighted by atomic mass is 16.6. The summed E-state index contributed by atoms with van der Waals surface area (Å²) in [6.45, 7) is 6.34. The lowest BCUT2D eigenvalue weighted by Crippen LogP contribution is -2.35. The number of nitrogens with one attached hydrogen (secondary N) is 1. The number of esters is 1. The van der Waals surface area contributed by atoms with Gasteiger partial charge in [0.05, 0.1) is 11.9 Å². The second-order valence-corrected chi connectivity index (χ2v) is 5.00. The SMILES string of the molecule is CC(C)(C)OC(=O)C1=CC2=CN=CCCN2N1. The molecule has 0 aromatic carbocycles. The van der Waals surface area contributed by atoms with E-state index in [9.17, 15) is 4.79 Å². The maximum atomic E-state index is 11.8. The maximum absolute atomic E-state index is 11.8. The lowest BCUT2D eigenvalue weighted by atomic mass is 10.2. The molecule has 0 bridgehead atoms. The van der Waals surface area contributed by atoms with E-state index in [1.165, 1.54) is 0 Å². The van der Waals surface area contributed by atoms with E-state index in [1.807, 2.05) is 32.0 Å². The Morgan fingerprint density at radius 2 is 2.29 bits per heavy atom. The van der Waals surface area contributed by atoms with Gasteiger partial charge >= 0.3 is 5.97 Å². The number of hydrogen-bond acceptors (Lipinski definition) is 5. The lowest BCUT2D eigenvalue weighted by molar-refractivity contribution is -0.150. The third kappa shape index (κ3) is 2.87. The minimum atomic E-state index is -0.480. The molecule has 0 amide bonds. The molecule has 17 heavy (non-hydrogen) atoms. The highest BCUT2D eigenvalue weighted by Crippen LogP contribution is 2.19. The third-order valence-electron chi connectivity index (χ3n) is 2.27. The van der Waals surface area contributed by atoms with E-state index in [0.29, 0.717) is 5.70 Å². The van der Waals surface area contributed by atoms with Crippen LogP contribution in [0.3, 0.4) is 0 Å². The zero-order valence-corrected chi connectivity index (χ0v) is 10.4. The molecule has 0 aromatic rings. The molecule has 1 N–H and O–H groups in total. The number of carbonyl (C=O) groups is 1. The number of ether oxygens (including phenoxy) is 1. The largest absolute Gasteiger partial charge is 0.455 e. The van der Waals surface area contributed by atoms with E-state index in [0.717, 1.165) is 18.7 Å². The molecule has 2 heterocycles. The van der Waals surface area contributed by atoms with E-state index >= 15 is 0 Å².